The fraction of sp³-hybridized carbons (Fsp3) is 0.682. The maximum atomic E-state index is 13.1. The minimum atomic E-state index is -1.73. The Balaban J connectivity index is 3.06. The Morgan fingerprint density at radius 2 is 1.45 bits per heavy atom. The molecule has 0 unspecified atom stereocenters. The summed E-state index contributed by atoms with van der Waals surface area (Å²) in [7, 11) is 0. The Kier molecular flexibility index (Phi) is 13.1. The van der Waals surface area contributed by atoms with Crippen LogP contribution in [0.25, 0.3) is 0 Å². The molecule has 38 heavy (non-hydrogen) atoms. The van der Waals surface area contributed by atoms with Crippen molar-refractivity contribution in [2.45, 2.75) is 82.1 Å². The van der Waals surface area contributed by atoms with Gasteiger partial charge in [0.2, 0.25) is 23.6 Å². The molecule has 16 nitrogen and oxygen atoms in total. The molecule has 0 saturated carbocycles. The molecule has 1 fully saturated rings. The van der Waals surface area contributed by atoms with E-state index in [0.29, 0.717) is 25.8 Å². The van der Waals surface area contributed by atoms with Crippen LogP contribution in [0, 0.1) is 0 Å². The van der Waals surface area contributed by atoms with E-state index in [0.717, 1.165) is 4.90 Å². The van der Waals surface area contributed by atoms with Crippen molar-refractivity contribution >= 4 is 41.5 Å². The van der Waals surface area contributed by atoms with Gasteiger partial charge in [-0.25, -0.2) is 4.79 Å². The highest BCUT2D eigenvalue weighted by molar-refractivity contribution is 5.97. The number of carboxylic acids is 3. The molecule has 5 atom stereocenters. The average molecular weight is 545 g/mol. The van der Waals surface area contributed by atoms with Crippen LogP contribution < -0.4 is 27.4 Å². The lowest BCUT2D eigenvalue weighted by molar-refractivity contribution is -0.148. The van der Waals surface area contributed by atoms with Crippen LogP contribution in [-0.4, -0.2) is 105 Å². The van der Waals surface area contributed by atoms with Crippen molar-refractivity contribution in [2.75, 3.05) is 13.1 Å². The molecule has 1 heterocycles. The number of hydrogen-bond donors (Lipinski definition) is 8. The molecule has 1 saturated heterocycles. The van der Waals surface area contributed by atoms with Gasteiger partial charge in [-0.15, -0.1) is 0 Å². The molecule has 0 aromatic carbocycles. The lowest BCUT2D eigenvalue weighted by atomic mass is 10.1. The number of hydrogen-bond acceptors (Lipinski definition) is 9. The van der Waals surface area contributed by atoms with Crippen LogP contribution in [0.15, 0.2) is 0 Å². The normalized spacial score (nSPS) is 18.0. The van der Waals surface area contributed by atoms with Gasteiger partial charge < -0.3 is 47.6 Å². The van der Waals surface area contributed by atoms with E-state index in [4.69, 9.17) is 16.6 Å². The summed E-state index contributed by atoms with van der Waals surface area (Å²) >= 11 is 0. The van der Waals surface area contributed by atoms with Gasteiger partial charge in [0.25, 0.3) is 0 Å². The van der Waals surface area contributed by atoms with E-state index in [9.17, 15) is 43.8 Å². The summed E-state index contributed by atoms with van der Waals surface area (Å²) in [5, 5.41) is 34.2. The van der Waals surface area contributed by atoms with E-state index in [1.807, 2.05) is 0 Å². The van der Waals surface area contributed by atoms with Crippen molar-refractivity contribution in [3.05, 3.63) is 0 Å². The van der Waals surface area contributed by atoms with Gasteiger partial charge in [0.15, 0.2) is 0 Å². The fourth-order valence-electron chi connectivity index (χ4n) is 3.86. The summed E-state index contributed by atoms with van der Waals surface area (Å²) in [5.41, 5.74) is 11.0. The SMILES string of the molecule is C[C@H](N)C(=O)N[C@@H](CC(=O)O)C(=O)N1CCC[C@H]1C(=O)N[C@@H](CCCCN)C(=O)N[C@@H](CC(=O)O)C(=O)O. The second-order valence-corrected chi connectivity index (χ2v) is 8.98. The standard InChI is InChI=1S/C22H36N6O10/c1-11(24)18(33)26-13(9-16(29)30)21(36)28-8-4-6-15(28)20(35)25-12(5-2-3-7-23)19(34)27-14(22(37)38)10-17(31)32/h11-15H,2-10,23-24H2,1H3,(H,25,35)(H,26,33)(H,27,34)(H,29,30)(H,31,32)(H,37,38)/t11-,12-,13-,14-,15-/m0/s1. The fourth-order valence-corrected chi connectivity index (χ4v) is 3.86. The molecule has 1 rings (SSSR count). The zero-order valence-corrected chi connectivity index (χ0v) is 21.1. The first-order chi connectivity index (χ1) is 17.8. The lowest BCUT2D eigenvalue weighted by Gasteiger charge is -2.30. The number of carbonyl (C=O) groups is 7. The second kappa shape index (κ2) is 15.5. The minimum absolute atomic E-state index is 0.0565. The van der Waals surface area contributed by atoms with Crippen LogP contribution in [0.4, 0.5) is 0 Å². The zero-order valence-electron chi connectivity index (χ0n) is 21.1. The Morgan fingerprint density at radius 3 is 1.97 bits per heavy atom. The predicted octanol–water partition coefficient (Wildman–Crippen LogP) is -3.06. The highest BCUT2D eigenvalue weighted by Crippen LogP contribution is 2.20. The summed E-state index contributed by atoms with van der Waals surface area (Å²) in [6.45, 7) is 1.73. The van der Waals surface area contributed by atoms with Crippen LogP contribution in [0.1, 0.15) is 51.9 Å². The molecule has 0 aromatic rings. The van der Waals surface area contributed by atoms with Crippen molar-refractivity contribution in [2.24, 2.45) is 11.5 Å². The molecule has 16 heteroatoms. The van der Waals surface area contributed by atoms with Crippen LogP contribution in [0.5, 0.6) is 0 Å². The number of aliphatic carboxylic acids is 3. The molecular weight excluding hydrogens is 508 g/mol. The number of carbonyl (C=O) groups excluding carboxylic acids is 4. The largest absolute Gasteiger partial charge is 0.481 e. The number of carboxylic acid groups (broad SMARTS) is 3. The maximum absolute atomic E-state index is 13.1. The molecule has 0 aromatic heterocycles. The van der Waals surface area contributed by atoms with E-state index >= 15 is 0 Å². The number of nitrogens with two attached hydrogens (primary N) is 2. The number of rotatable bonds is 16. The van der Waals surface area contributed by atoms with Crippen molar-refractivity contribution in [3.8, 4) is 0 Å². The molecule has 1 aliphatic rings. The highest BCUT2D eigenvalue weighted by atomic mass is 16.4. The van der Waals surface area contributed by atoms with Crippen molar-refractivity contribution < 1.29 is 48.9 Å². The van der Waals surface area contributed by atoms with Gasteiger partial charge in [-0.3, -0.25) is 28.8 Å². The lowest BCUT2D eigenvalue weighted by Crippen LogP contribution is -2.58. The first-order valence-corrected chi connectivity index (χ1v) is 12.1. The number of nitrogens with zero attached hydrogens (tertiary/aromatic N) is 1. The predicted molar refractivity (Wildman–Crippen MR) is 129 cm³/mol. The van der Waals surface area contributed by atoms with Crippen LogP contribution in [0.2, 0.25) is 0 Å². The van der Waals surface area contributed by atoms with E-state index in [1.165, 1.54) is 6.92 Å². The first-order valence-electron chi connectivity index (χ1n) is 12.1. The van der Waals surface area contributed by atoms with Gasteiger partial charge in [0.1, 0.15) is 24.2 Å². The summed E-state index contributed by atoms with van der Waals surface area (Å²) in [4.78, 5) is 85.8. The monoisotopic (exact) mass is 544 g/mol. The topological polar surface area (TPSA) is 272 Å². The Morgan fingerprint density at radius 1 is 0.868 bits per heavy atom. The quantitative estimate of drug-likeness (QED) is 0.0900. The zero-order chi connectivity index (χ0) is 29.0. The summed E-state index contributed by atoms with van der Waals surface area (Å²) in [6, 6.07) is -6.57. The molecule has 214 valence electrons. The minimum Gasteiger partial charge on any atom is -0.481 e. The Hall–Kier alpha value is -3.79. The van der Waals surface area contributed by atoms with Crippen molar-refractivity contribution in [1.29, 1.82) is 0 Å². The first kappa shape index (κ1) is 32.2. The third kappa shape index (κ3) is 10.3. The molecule has 10 N–H and O–H groups in total. The van der Waals surface area contributed by atoms with Crippen molar-refractivity contribution in [1.82, 2.24) is 20.9 Å². The number of nitrogens with one attached hydrogen (secondary N) is 3. The van der Waals surface area contributed by atoms with Gasteiger partial charge in [0.05, 0.1) is 18.9 Å². The number of amides is 4. The second-order valence-electron chi connectivity index (χ2n) is 8.98. The van der Waals surface area contributed by atoms with Gasteiger partial charge in [-0.05, 0) is 45.6 Å². The molecule has 0 aliphatic carbocycles. The number of likely N-dealkylation sites (tertiary alicyclic amines) is 1. The molecule has 4 amide bonds. The molecule has 0 spiro atoms. The summed E-state index contributed by atoms with van der Waals surface area (Å²) in [5.74, 6) is -7.62. The van der Waals surface area contributed by atoms with Crippen LogP contribution >= 0.6 is 0 Å². The van der Waals surface area contributed by atoms with Crippen LogP contribution in [-0.2, 0) is 33.6 Å². The van der Waals surface area contributed by atoms with E-state index < -0.39 is 84.6 Å². The van der Waals surface area contributed by atoms with E-state index in [-0.39, 0.29) is 19.4 Å². The van der Waals surface area contributed by atoms with E-state index in [2.05, 4.69) is 16.0 Å². The number of unbranched alkanes of at least 4 members (excludes halogenated alkanes) is 1. The van der Waals surface area contributed by atoms with Crippen LogP contribution in [0.3, 0.4) is 0 Å². The third-order valence-corrected chi connectivity index (χ3v) is 5.82. The maximum Gasteiger partial charge on any atom is 0.326 e. The van der Waals surface area contributed by atoms with Gasteiger partial charge in [-0.2, -0.15) is 0 Å². The summed E-state index contributed by atoms with van der Waals surface area (Å²) < 4.78 is 0. The van der Waals surface area contributed by atoms with Crippen molar-refractivity contribution in [3.63, 3.8) is 0 Å². The van der Waals surface area contributed by atoms with E-state index in [1.54, 1.807) is 0 Å². The average Bonchev–Trinajstić information content (AvgIpc) is 3.31. The molecule has 0 radical (unpaired) electrons. The van der Waals surface area contributed by atoms with Gasteiger partial charge >= 0.3 is 17.9 Å². The molecule has 0 bridgehead atoms. The Bertz CT molecular complexity index is 911. The molecule has 1 aliphatic heterocycles. The third-order valence-electron chi connectivity index (χ3n) is 5.82. The van der Waals surface area contributed by atoms with Gasteiger partial charge in [0, 0.05) is 6.54 Å². The Labute approximate surface area is 218 Å². The smallest absolute Gasteiger partial charge is 0.326 e. The highest BCUT2D eigenvalue weighted by Gasteiger charge is 2.40. The molecular formula is C22H36N6O10. The summed E-state index contributed by atoms with van der Waals surface area (Å²) in [6.07, 6.45) is -0.133. The van der Waals surface area contributed by atoms with Gasteiger partial charge in [-0.1, -0.05) is 0 Å².